The SMILES string of the molecule is Cc1ccc2c(c1)C(C)(C)\C(=C/C=C(Cl)/C=C/C1=[N+](CCC[N+](C)(C)C)c3ccc(S(=O)(=O)[O-])cc3C1(C)C)N2CCC[N+](C)(C)C. The molecule has 2 aliphatic rings. The molecule has 0 amide bonds. The van der Waals surface area contributed by atoms with Gasteiger partial charge in [-0.1, -0.05) is 43.1 Å². The molecule has 0 radical (unpaired) electrons. The topological polar surface area (TPSA) is 63.4 Å². The molecule has 0 fully saturated rings. The molecule has 0 spiro atoms. The largest absolute Gasteiger partial charge is 0.744 e. The van der Waals surface area contributed by atoms with Gasteiger partial charge in [0.05, 0.1) is 72.1 Å². The Morgan fingerprint density at radius 2 is 1.55 bits per heavy atom. The minimum atomic E-state index is -4.58. The van der Waals surface area contributed by atoms with Crippen LogP contribution in [0, 0.1) is 6.92 Å². The van der Waals surface area contributed by atoms with Crippen LogP contribution in [0.4, 0.5) is 11.4 Å². The van der Waals surface area contributed by atoms with Crippen LogP contribution in [-0.4, -0.2) is 101 Å². The summed E-state index contributed by atoms with van der Waals surface area (Å²) < 4.78 is 39.8. The van der Waals surface area contributed by atoms with Gasteiger partial charge in [0.25, 0.3) is 0 Å². The fourth-order valence-electron chi connectivity index (χ4n) is 6.86. The minimum absolute atomic E-state index is 0.179. The third-order valence-corrected chi connectivity index (χ3v) is 10.5. The van der Waals surface area contributed by atoms with Crippen molar-refractivity contribution in [3.8, 4) is 0 Å². The van der Waals surface area contributed by atoms with E-state index in [0.29, 0.717) is 5.03 Å². The van der Waals surface area contributed by atoms with Gasteiger partial charge in [0.15, 0.2) is 12.3 Å². The lowest BCUT2D eigenvalue weighted by Gasteiger charge is -2.29. The monoisotopic (exact) mass is 682 g/mol. The highest BCUT2D eigenvalue weighted by atomic mass is 35.5. The molecule has 2 aromatic rings. The number of aryl methyl sites for hydroxylation is 1. The second kappa shape index (κ2) is 13.3. The third kappa shape index (κ3) is 8.46. The van der Waals surface area contributed by atoms with Crippen LogP contribution in [0.5, 0.6) is 0 Å². The lowest BCUT2D eigenvalue weighted by molar-refractivity contribution is -0.871. The first kappa shape index (κ1) is 37.1. The van der Waals surface area contributed by atoms with E-state index in [2.05, 4.69) is 111 Å². The van der Waals surface area contributed by atoms with Crippen LogP contribution in [0.25, 0.3) is 0 Å². The Balaban J connectivity index is 1.71. The number of anilines is 1. The number of fused-ring (bicyclic) bond motifs is 2. The van der Waals surface area contributed by atoms with Crippen molar-refractivity contribution in [1.29, 1.82) is 0 Å². The van der Waals surface area contributed by atoms with Crippen LogP contribution in [0.2, 0.25) is 0 Å². The molecular weight excluding hydrogens is 628 g/mol. The molecule has 47 heavy (non-hydrogen) atoms. The molecule has 256 valence electrons. The third-order valence-electron chi connectivity index (χ3n) is 9.42. The first-order valence-electron chi connectivity index (χ1n) is 16.5. The number of rotatable bonds is 12. The fraction of sp³-hybridized carbons (Fsp3) is 0.500. The van der Waals surface area contributed by atoms with Crippen molar-refractivity contribution >= 4 is 38.8 Å². The van der Waals surface area contributed by atoms with Gasteiger partial charge in [0.2, 0.25) is 5.69 Å². The molecule has 0 bridgehead atoms. The Bertz CT molecular complexity index is 1750. The average molecular weight is 683 g/mol. The number of hydrogen-bond acceptors (Lipinski definition) is 4. The average Bonchev–Trinajstić information content (AvgIpc) is 3.26. The van der Waals surface area contributed by atoms with E-state index < -0.39 is 15.5 Å². The molecule has 0 saturated carbocycles. The van der Waals surface area contributed by atoms with Crippen molar-refractivity contribution in [3.63, 3.8) is 0 Å². The van der Waals surface area contributed by atoms with Gasteiger partial charge in [0.1, 0.15) is 10.1 Å². The van der Waals surface area contributed by atoms with E-state index in [0.717, 1.165) is 64.9 Å². The molecule has 2 aliphatic heterocycles. The maximum Gasteiger partial charge on any atom is 0.209 e. The highest BCUT2D eigenvalue weighted by Crippen LogP contribution is 2.48. The van der Waals surface area contributed by atoms with Crippen LogP contribution < -0.4 is 4.90 Å². The van der Waals surface area contributed by atoms with Crippen LogP contribution in [0.1, 0.15) is 57.2 Å². The predicted molar refractivity (Wildman–Crippen MR) is 195 cm³/mol. The molecule has 4 rings (SSSR count). The van der Waals surface area contributed by atoms with Crippen molar-refractivity contribution in [2.24, 2.45) is 0 Å². The van der Waals surface area contributed by atoms with Gasteiger partial charge in [-0.3, -0.25) is 0 Å². The van der Waals surface area contributed by atoms with Gasteiger partial charge >= 0.3 is 0 Å². The lowest BCUT2D eigenvalue weighted by Crippen LogP contribution is -2.37. The summed E-state index contributed by atoms with van der Waals surface area (Å²) in [4.78, 5) is 2.25. The van der Waals surface area contributed by atoms with E-state index in [1.807, 2.05) is 18.2 Å². The fourth-order valence-corrected chi connectivity index (χ4v) is 7.48. The number of nitrogens with zero attached hydrogens (tertiary/aromatic N) is 4. The van der Waals surface area contributed by atoms with Crippen LogP contribution in [0.15, 0.2) is 76.3 Å². The van der Waals surface area contributed by atoms with Gasteiger partial charge in [-0.2, -0.15) is 4.58 Å². The summed E-state index contributed by atoms with van der Waals surface area (Å²) in [5, 5.41) is 0.597. The number of hydrogen-bond donors (Lipinski definition) is 0. The first-order chi connectivity index (χ1) is 21.5. The van der Waals surface area contributed by atoms with Crippen molar-refractivity contribution < 1.29 is 26.5 Å². The summed E-state index contributed by atoms with van der Waals surface area (Å²) in [5.41, 5.74) is 7.12. The maximum absolute atomic E-state index is 11.9. The summed E-state index contributed by atoms with van der Waals surface area (Å²) in [6, 6.07) is 11.5. The van der Waals surface area contributed by atoms with Crippen LogP contribution >= 0.6 is 11.6 Å². The van der Waals surface area contributed by atoms with Crippen LogP contribution in [-0.2, 0) is 20.9 Å². The molecule has 2 aromatic carbocycles. The quantitative estimate of drug-likeness (QED) is 0.107. The second-order valence-electron chi connectivity index (χ2n) is 16.3. The van der Waals surface area contributed by atoms with Gasteiger partial charge in [-0.15, -0.1) is 0 Å². The summed E-state index contributed by atoms with van der Waals surface area (Å²) >= 11 is 6.93. The lowest BCUT2D eigenvalue weighted by atomic mass is 9.81. The van der Waals surface area contributed by atoms with Crippen molar-refractivity contribution in [3.05, 3.63) is 88.1 Å². The summed E-state index contributed by atoms with van der Waals surface area (Å²) in [5.74, 6) is 0. The van der Waals surface area contributed by atoms with E-state index in [9.17, 15) is 13.0 Å². The van der Waals surface area contributed by atoms with Crippen LogP contribution in [0.3, 0.4) is 0 Å². The van der Waals surface area contributed by atoms with Crippen molar-refractivity contribution in [2.45, 2.75) is 63.2 Å². The minimum Gasteiger partial charge on any atom is -0.744 e. The normalized spacial score (nSPS) is 18.9. The number of benzene rings is 2. The number of allylic oxidation sites excluding steroid dienone is 6. The Morgan fingerprint density at radius 3 is 2.17 bits per heavy atom. The van der Waals surface area contributed by atoms with Gasteiger partial charge < -0.3 is 18.4 Å². The zero-order chi connectivity index (χ0) is 35.2. The molecule has 0 atom stereocenters. The standard InChI is InChI=1S/C38H55ClN4O3S/c1-28-14-18-33-31(26-28)37(2,3)35(40(33)22-12-24-42(6,7)8)20-15-29(39)16-21-36-38(4,5)32-27-30(47(44,45)46)17-19-34(32)41(36)23-13-25-43(9,10)11/h14-21,26-27H,12-13,22-25H2,1-11H3/q+2. The summed E-state index contributed by atoms with van der Waals surface area (Å²) in [6.07, 6.45) is 10.1. The molecule has 0 unspecified atom stereocenters. The van der Waals surface area contributed by atoms with Gasteiger partial charge in [0, 0.05) is 52.5 Å². The van der Waals surface area contributed by atoms with E-state index in [-0.39, 0.29) is 10.3 Å². The predicted octanol–water partition coefficient (Wildman–Crippen LogP) is 6.83. The van der Waals surface area contributed by atoms with Gasteiger partial charge in [-0.05, 0) is 62.8 Å². The summed E-state index contributed by atoms with van der Waals surface area (Å²) in [7, 11) is 8.64. The van der Waals surface area contributed by atoms with E-state index in [4.69, 9.17) is 11.6 Å². The summed E-state index contributed by atoms with van der Waals surface area (Å²) in [6.45, 7) is 14.6. The molecule has 0 N–H and O–H groups in total. The number of halogens is 1. The van der Waals surface area contributed by atoms with Crippen molar-refractivity contribution in [2.75, 3.05) is 73.4 Å². The molecule has 0 aromatic heterocycles. The molecule has 0 saturated heterocycles. The molecule has 0 aliphatic carbocycles. The maximum atomic E-state index is 11.9. The number of quaternary nitrogens is 2. The second-order valence-corrected chi connectivity index (χ2v) is 18.1. The molecule has 2 heterocycles. The highest BCUT2D eigenvalue weighted by molar-refractivity contribution is 7.85. The van der Waals surface area contributed by atoms with E-state index >= 15 is 0 Å². The Labute approximate surface area is 289 Å². The van der Waals surface area contributed by atoms with E-state index in [1.165, 1.54) is 28.6 Å². The smallest absolute Gasteiger partial charge is 0.209 e. The van der Waals surface area contributed by atoms with Crippen molar-refractivity contribution in [1.82, 2.24) is 0 Å². The zero-order valence-corrected chi connectivity index (χ0v) is 31.9. The van der Waals surface area contributed by atoms with E-state index in [1.54, 1.807) is 12.1 Å². The molecule has 9 heteroatoms. The Hall–Kier alpha value is -2.75. The highest BCUT2D eigenvalue weighted by Gasteiger charge is 2.45. The van der Waals surface area contributed by atoms with Gasteiger partial charge in [-0.25, -0.2) is 8.42 Å². The Morgan fingerprint density at radius 1 is 0.915 bits per heavy atom. The molecular formula is C38H55ClN4O3S+2. The molecule has 7 nitrogen and oxygen atoms in total. The zero-order valence-electron chi connectivity index (χ0n) is 30.3. The Kier molecular flexibility index (Phi) is 10.5. The first-order valence-corrected chi connectivity index (χ1v) is 18.3.